The van der Waals surface area contributed by atoms with Gasteiger partial charge in [0, 0.05) is 26.2 Å². The summed E-state index contributed by atoms with van der Waals surface area (Å²) >= 11 is 0. The van der Waals surface area contributed by atoms with Gasteiger partial charge >= 0.3 is 12.1 Å². The number of alkyl halides is 5. The molecule has 3 fully saturated rings. The zero-order valence-electron chi connectivity index (χ0n) is 17.2. The summed E-state index contributed by atoms with van der Waals surface area (Å²) in [5, 5.41) is 10.5. The van der Waals surface area contributed by atoms with E-state index in [0.717, 1.165) is 51.1 Å². The average molecular weight is 449 g/mol. The van der Waals surface area contributed by atoms with E-state index < -0.39 is 24.1 Å². The summed E-state index contributed by atoms with van der Waals surface area (Å²) in [4.78, 5) is 12.9. The maximum absolute atomic E-state index is 14.8. The van der Waals surface area contributed by atoms with Crippen LogP contribution < -0.4 is 5.32 Å². The van der Waals surface area contributed by atoms with Crippen molar-refractivity contribution in [3.8, 4) is 0 Å². The summed E-state index contributed by atoms with van der Waals surface area (Å²) in [6, 6.07) is 9.37. The van der Waals surface area contributed by atoms with E-state index in [4.69, 9.17) is 9.90 Å². The van der Waals surface area contributed by atoms with E-state index in [1.807, 2.05) is 35.2 Å². The Morgan fingerprint density at radius 2 is 1.68 bits per heavy atom. The third-order valence-corrected chi connectivity index (χ3v) is 6.31. The zero-order valence-corrected chi connectivity index (χ0v) is 17.2. The van der Waals surface area contributed by atoms with Crippen LogP contribution in [0.15, 0.2) is 30.3 Å². The van der Waals surface area contributed by atoms with E-state index in [1.54, 1.807) is 0 Å². The molecule has 10 heteroatoms. The number of halogens is 5. The highest BCUT2D eigenvalue weighted by molar-refractivity contribution is 5.73. The molecule has 3 aliphatic rings. The molecule has 1 unspecified atom stereocenters. The predicted octanol–water partition coefficient (Wildman–Crippen LogP) is 3.21. The number of carboxylic acid groups (broad SMARTS) is 1. The fraction of sp³-hybridized carbons (Fsp3) is 0.667. The molecule has 5 nitrogen and oxygen atoms in total. The first-order chi connectivity index (χ1) is 14.5. The van der Waals surface area contributed by atoms with Crippen LogP contribution in [0.1, 0.15) is 24.8 Å². The predicted molar refractivity (Wildman–Crippen MR) is 105 cm³/mol. The van der Waals surface area contributed by atoms with Gasteiger partial charge in [-0.1, -0.05) is 30.3 Å². The molecule has 4 rings (SSSR count). The average Bonchev–Trinajstić information content (AvgIpc) is 2.67. The molecular formula is C21H28F5N3O2. The van der Waals surface area contributed by atoms with Crippen molar-refractivity contribution in [1.82, 2.24) is 15.1 Å². The van der Waals surface area contributed by atoms with Gasteiger partial charge in [0.2, 0.25) is 0 Å². The van der Waals surface area contributed by atoms with Crippen LogP contribution in [0.3, 0.4) is 0 Å². The Bertz CT molecular complexity index is 730. The fourth-order valence-electron chi connectivity index (χ4n) is 4.73. The van der Waals surface area contributed by atoms with Crippen molar-refractivity contribution in [2.45, 2.75) is 43.9 Å². The number of carbonyl (C=O) groups is 1. The second-order valence-corrected chi connectivity index (χ2v) is 8.72. The van der Waals surface area contributed by atoms with Crippen molar-refractivity contribution < 1.29 is 31.9 Å². The lowest BCUT2D eigenvalue weighted by Crippen LogP contribution is -2.68. The van der Waals surface area contributed by atoms with E-state index in [0.29, 0.717) is 18.4 Å². The maximum Gasteiger partial charge on any atom is 0.490 e. The molecule has 174 valence electrons. The second kappa shape index (κ2) is 9.38. The third kappa shape index (κ3) is 6.14. The van der Waals surface area contributed by atoms with Gasteiger partial charge in [0.05, 0.1) is 12.6 Å². The van der Waals surface area contributed by atoms with Crippen molar-refractivity contribution in [3.05, 3.63) is 35.9 Å². The lowest BCUT2D eigenvalue weighted by molar-refractivity contribution is -0.192. The summed E-state index contributed by atoms with van der Waals surface area (Å²) in [6.07, 6.45) is -2.22. The van der Waals surface area contributed by atoms with Gasteiger partial charge in [0.25, 0.3) is 5.92 Å². The Hall–Kier alpha value is -1.78. The van der Waals surface area contributed by atoms with Crippen molar-refractivity contribution in [2.75, 3.05) is 39.3 Å². The molecule has 0 aromatic heterocycles. The van der Waals surface area contributed by atoms with E-state index in [-0.39, 0.29) is 6.54 Å². The van der Waals surface area contributed by atoms with Gasteiger partial charge in [-0.3, -0.25) is 9.80 Å². The summed E-state index contributed by atoms with van der Waals surface area (Å²) in [5.74, 6) is -5.37. The Morgan fingerprint density at radius 3 is 2.19 bits per heavy atom. The summed E-state index contributed by atoms with van der Waals surface area (Å²) < 4.78 is 61.2. The Morgan fingerprint density at radius 1 is 1.10 bits per heavy atom. The van der Waals surface area contributed by atoms with E-state index in [2.05, 4.69) is 10.2 Å². The van der Waals surface area contributed by atoms with Crippen molar-refractivity contribution in [2.24, 2.45) is 5.41 Å². The van der Waals surface area contributed by atoms with Crippen molar-refractivity contribution in [1.29, 1.82) is 0 Å². The Balaban J connectivity index is 0.000000339. The monoisotopic (exact) mass is 449 g/mol. The molecule has 3 heterocycles. The maximum atomic E-state index is 14.8. The summed E-state index contributed by atoms with van der Waals surface area (Å²) in [6.45, 7) is 5.09. The smallest absolute Gasteiger partial charge is 0.475 e. The highest BCUT2D eigenvalue weighted by atomic mass is 19.4. The molecule has 1 spiro atoms. The molecule has 2 N–H and O–H groups in total. The quantitative estimate of drug-likeness (QED) is 0.695. The largest absolute Gasteiger partial charge is 0.490 e. The lowest BCUT2D eigenvalue weighted by atomic mass is 9.71. The first-order valence-corrected chi connectivity index (χ1v) is 10.4. The van der Waals surface area contributed by atoms with E-state index in [1.165, 1.54) is 0 Å². The molecule has 0 saturated carbocycles. The number of benzene rings is 1. The topological polar surface area (TPSA) is 55.8 Å². The van der Waals surface area contributed by atoms with Gasteiger partial charge in [-0.05, 0) is 43.3 Å². The molecule has 3 aliphatic heterocycles. The number of nitrogens with one attached hydrogen (secondary N) is 1. The lowest BCUT2D eigenvalue weighted by Gasteiger charge is -2.57. The van der Waals surface area contributed by atoms with Crippen LogP contribution in [0.4, 0.5) is 22.0 Å². The summed E-state index contributed by atoms with van der Waals surface area (Å²) in [5.41, 5.74) is 1.44. The van der Waals surface area contributed by atoms with Crippen LogP contribution in [0.5, 0.6) is 0 Å². The Kier molecular flexibility index (Phi) is 7.22. The minimum atomic E-state index is -5.08. The van der Waals surface area contributed by atoms with Crippen molar-refractivity contribution >= 4 is 5.97 Å². The van der Waals surface area contributed by atoms with Gasteiger partial charge in [-0.15, -0.1) is 0 Å². The molecule has 1 aromatic carbocycles. The number of hydrogen-bond acceptors (Lipinski definition) is 4. The van der Waals surface area contributed by atoms with Crippen LogP contribution in [0.2, 0.25) is 0 Å². The number of carboxylic acids is 1. The first kappa shape index (κ1) is 23.9. The summed E-state index contributed by atoms with van der Waals surface area (Å²) in [7, 11) is 0. The van der Waals surface area contributed by atoms with E-state index >= 15 is 0 Å². The van der Waals surface area contributed by atoms with Crippen molar-refractivity contribution in [3.63, 3.8) is 0 Å². The molecule has 3 saturated heterocycles. The van der Waals surface area contributed by atoms with Gasteiger partial charge in [-0.25, -0.2) is 13.6 Å². The van der Waals surface area contributed by atoms with Crippen LogP contribution in [-0.4, -0.2) is 78.3 Å². The molecular weight excluding hydrogens is 421 g/mol. The highest BCUT2D eigenvalue weighted by Gasteiger charge is 2.54. The number of nitrogens with zero attached hydrogens (tertiary/aromatic N) is 2. The van der Waals surface area contributed by atoms with Crippen LogP contribution in [-0.2, 0) is 11.3 Å². The van der Waals surface area contributed by atoms with Gasteiger partial charge < -0.3 is 10.4 Å². The second-order valence-electron chi connectivity index (χ2n) is 8.72. The fourth-order valence-corrected chi connectivity index (χ4v) is 4.73. The van der Waals surface area contributed by atoms with Gasteiger partial charge in [0.1, 0.15) is 0 Å². The molecule has 0 bridgehead atoms. The number of aliphatic carboxylic acids is 1. The van der Waals surface area contributed by atoms with Gasteiger partial charge in [-0.2, -0.15) is 13.2 Å². The van der Waals surface area contributed by atoms with Crippen LogP contribution >= 0.6 is 0 Å². The minimum Gasteiger partial charge on any atom is -0.475 e. The number of hydrogen-bond donors (Lipinski definition) is 2. The van der Waals surface area contributed by atoms with E-state index in [9.17, 15) is 22.0 Å². The SMILES string of the molecule is FC1(F)CN(Cc2ccccc2)CCC1N1CC2(CCNCC2)C1.O=C(O)C(F)(F)F. The molecule has 0 aliphatic carbocycles. The molecule has 0 radical (unpaired) electrons. The number of likely N-dealkylation sites (tertiary alicyclic amines) is 2. The number of rotatable bonds is 3. The molecule has 0 amide bonds. The Labute approximate surface area is 178 Å². The van der Waals surface area contributed by atoms with Crippen LogP contribution in [0.25, 0.3) is 0 Å². The first-order valence-electron chi connectivity index (χ1n) is 10.4. The number of piperidine rings is 2. The molecule has 1 aromatic rings. The molecule has 1 atom stereocenters. The zero-order chi connectivity index (χ0) is 22.7. The molecule has 31 heavy (non-hydrogen) atoms. The van der Waals surface area contributed by atoms with Crippen LogP contribution in [0, 0.1) is 5.41 Å². The highest BCUT2D eigenvalue weighted by Crippen LogP contribution is 2.44. The standard InChI is InChI=1S/C19H27F2N3.C2HF3O2/c20-19(21)15-23(12-16-4-2-1-3-5-16)11-6-17(19)24-13-18(14-24)7-9-22-10-8-18;3-2(4,5)1(6)7/h1-5,17,22H,6-15H2;(H,6,7). The minimum absolute atomic E-state index is 0.113. The van der Waals surface area contributed by atoms with Gasteiger partial charge in [0.15, 0.2) is 0 Å². The third-order valence-electron chi connectivity index (χ3n) is 6.31. The normalized spacial score (nSPS) is 25.9.